The van der Waals surface area contributed by atoms with Crippen LogP contribution in [0.1, 0.15) is 51.2 Å². The topological polar surface area (TPSA) is 58.5 Å². The number of nitrogens with zero attached hydrogens (tertiary/aromatic N) is 1. The number of benzene rings is 1. The number of hydrogen-bond acceptors (Lipinski definition) is 3. The van der Waals surface area contributed by atoms with Crippen LogP contribution >= 0.6 is 0 Å². The van der Waals surface area contributed by atoms with Crippen LogP contribution in [0.5, 0.6) is 0 Å². The lowest BCUT2D eigenvalue weighted by Crippen LogP contribution is -2.31. The highest BCUT2D eigenvalue weighted by molar-refractivity contribution is 8.00. The molecule has 1 fully saturated rings. The van der Waals surface area contributed by atoms with Crippen molar-refractivity contribution in [3.8, 4) is 0 Å². The van der Waals surface area contributed by atoms with E-state index in [1.165, 1.54) is 6.42 Å². The number of sulfonamides is 1. The molecule has 0 unspecified atom stereocenters. The van der Waals surface area contributed by atoms with Gasteiger partial charge in [0.2, 0.25) is 0 Å². The predicted molar refractivity (Wildman–Crippen MR) is 99.2 cm³/mol. The summed E-state index contributed by atoms with van der Waals surface area (Å²) in [4.78, 5) is 5.16. The number of aryl methyl sites for hydroxylation is 1. The van der Waals surface area contributed by atoms with Crippen molar-refractivity contribution < 1.29 is 8.42 Å². The van der Waals surface area contributed by atoms with Crippen LogP contribution in [0.25, 0.3) is 4.91 Å². The summed E-state index contributed by atoms with van der Waals surface area (Å²) in [5.41, 5.74) is 2.56. The zero-order chi connectivity index (χ0) is 17.5. The van der Waals surface area contributed by atoms with Crippen LogP contribution in [0.3, 0.4) is 0 Å². The largest absolute Gasteiger partial charge is 0.264 e. The number of hydrogen-bond donors (Lipinski definition) is 1. The normalized spacial score (nSPS) is 31.3. The fourth-order valence-corrected chi connectivity index (χ4v) is 5.17. The van der Waals surface area contributed by atoms with E-state index in [1.54, 1.807) is 0 Å². The van der Waals surface area contributed by atoms with Crippen molar-refractivity contribution in [3.63, 3.8) is 0 Å². The van der Waals surface area contributed by atoms with Gasteiger partial charge in [-0.25, -0.2) is 8.42 Å². The number of amidine groups is 1. The summed E-state index contributed by atoms with van der Waals surface area (Å²) in [5, 5.41) is 0. The molecule has 0 radical (unpaired) electrons. The second-order valence-corrected chi connectivity index (χ2v) is 8.86. The lowest BCUT2D eigenvalue weighted by Gasteiger charge is -2.31. The summed E-state index contributed by atoms with van der Waals surface area (Å²) < 4.78 is 27.9. The lowest BCUT2D eigenvalue weighted by atomic mass is 9.78. The van der Waals surface area contributed by atoms with Crippen molar-refractivity contribution in [1.29, 1.82) is 0 Å². The van der Waals surface area contributed by atoms with Gasteiger partial charge in [0.05, 0.1) is 6.04 Å². The summed E-state index contributed by atoms with van der Waals surface area (Å²) in [5.74, 6) is 1.63. The minimum Gasteiger partial charge on any atom is -0.264 e. The van der Waals surface area contributed by atoms with Crippen LogP contribution in [-0.2, 0) is 10.0 Å². The van der Waals surface area contributed by atoms with Crippen molar-refractivity contribution in [2.45, 2.75) is 53.0 Å². The van der Waals surface area contributed by atoms with Crippen molar-refractivity contribution in [1.82, 2.24) is 4.72 Å². The number of aliphatic imine (C=N–C) groups is 1. The maximum Gasteiger partial charge on any atom is 0.264 e. The maximum absolute atomic E-state index is 12.6. The molecule has 0 aromatic heterocycles. The van der Waals surface area contributed by atoms with Gasteiger partial charge in [-0.15, -0.1) is 0 Å². The predicted octanol–water partition coefficient (Wildman–Crippen LogP) is 3.88. The standard InChI is InChI=1S/C19H26N2O2S/c1-12-8-10-16(11-9-12)18-15(4)19(21-24(18,22)23)20-17-7-5-6-13(2)14(17)3/h8-11,13-14,17H,5-7H2,1-4H3,(H,20,21)/t13-,14-,17+/m0/s1. The summed E-state index contributed by atoms with van der Waals surface area (Å²) in [6.07, 6.45) is 3.43. The Morgan fingerprint density at radius 3 is 2.42 bits per heavy atom. The lowest BCUT2D eigenvalue weighted by molar-refractivity contribution is 0.241. The third-order valence-electron chi connectivity index (χ3n) is 5.47. The van der Waals surface area contributed by atoms with E-state index in [2.05, 4.69) is 18.6 Å². The third kappa shape index (κ3) is 3.14. The minimum absolute atomic E-state index is 0.193. The molecule has 1 aliphatic carbocycles. The molecule has 0 bridgehead atoms. The third-order valence-corrected chi connectivity index (χ3v) is 7.01. The summed E-state index contributed by atoms with van der Waals surface area (Å²) in [6, 6.07) is 7.79. The van der Waals surface area contributed by atoms with E-state index in [0.717, 1.165) is 29.5 Å². The van der Waals surface area contributed by atoms with Gasteiger partial charge in [-0.05, 0) is 37.7 Å². The first-order chi connectivity index (χ1) is 11.3. The molecule has 4 nitrogen and oxygen atoms in total. The average molecular weight is 346 g/mol. The van der Waals surface area contributed by atoms with Gasteiger partial charge in [0.15, 0.2) is 0 Å². The van der Waals surface area contributed by atoms with Gasteiger partial charge >= 0.3 is 0 Å². The molecule has 130 valence electrons. The molecule has 24 heavy (non-hydrogen) atoms. The van der Waals surface area contributed by atoms with Crippen LogP contribution in [0.4, 0.5) is 0 Å². The van der Waals surface area contributed by atoms with Gasteiger partial charge in [-0.3, -0.25) is 9.71 Å². The van der Waals surface area contributed by atoms with E-state index in [0.29, 0.717) is 22.6 Å². The molecule has 0 saturated heterocycles. The quantitative estimate of drug-likeness (QED) is 0.883. The fraction of sp³-hybridized carbons (Fsp3) is 0.526. The van der Waals surface area contributed by atoms with Crippen LogP contribution in [0.2, 0.25) is 0 Å². The molecule has 0 spiro atoms. The van der Waals surface area contributed by atoms with Crippen LogP contribution < -0.4 is 4.72 Å². The van der Waals surface area contributed by atoms with Crippen LogP contribution in [0.15, 0.2) is 34.8 Å². The first-order valence-electron chi connectivity index (χ1n) is 8.68. The Hall–Kier alpha value is -1.62. The van der Waals surface area contributed by atoms with E-state index in [9.17, 15) is 8.42 Å². The Morgan fingerprint density at radius 1 is 1.08 bits per heavy atom. The van der Waals surface area contributed by atoms with E-state index in [-0.39, 0.29) is 6.04 Å². The minimum atomic E-state index is -3.53. The van der Waals surface area contributed by atoms with E-state index < -0.39 is 10.0 Å². The Morgan fingerprint density at radius 2 is 1.75 bits per heavy atom. The first kappa shape index (κ1) is 17.2. The van der Waals surface area contributed by atoms with Gasteiger partial charge in [-0.2, -0.15) is 0 Å². The molecule has 1 aliphatic heterocycles. The van der Waals surface area contributed by atoms with E-state index in [1.807, 2.05) is 38.1 Å². The highest BCUT2D eigenvalue weighted by Crippen LogP contribution is 2.34. The van der Waals surface area contributed by atoms with Gasteiger partial charge in [0.1, 0.15) is 10.7 Å². The summed E-state index contributed by atoms with van der Waals surface area (Å²) in [7, 11) is -3.53. The molecule has 1 aromatic carbocycles. The Kier molecular flexibility index (Phi) is 4.56. The molecule has 1 aromatic rings. The molecule has 3 rings (SSSR count). The fourth-order valence-electron chi connectivity index (χ4n) is 3.67. The van der Waals surface area contributed by atoms with E-state index in [4.69, 9.17) is 4.99 Å². The molecule has 3 atom stereocenters. The second kappa shape index (κ2) is 6.36. The highest BCUT2D eigenvalue weighted by atomic mass is 32.2. The zero-order valence-electron chi connectivity index (χ0n) is 14.8. The monoisotopic (exact) mass is 346 g/mol. The first-order valence-corrected chi connectivity index (χ1v) is 10.2. The number of nitrogens with one attached hydrogen (secondary N) is 1. The van der Waals surface area contributed by atoms with Crippen molar-refractivity contribution in [2.24, 2.45) is 16.8 Å². The Labute approximate surface area is 145 Å². The van der Waals surface area contributed by atoms with Gasteiger partial charge in [0, 0.05) is 5.57 Å². The van der Waals surface area contributed by atoms with Gasteiger partial charge < -0.3 is 0 Å². The molecular weight excluding hydrogens is 320 g/mol. The molecule has 2 aliphatic rings. The molecule has 1 N–H and O–H groups in total. The van der Waals surface area contributed by atoms with Gasteiger partial charge in [-0.1, -0.05) is 56.5 Å². The van der Waals surface area contributed by atoms with Crippen molar-refractivity contribution in [3.05, 3.63) is 41.0 Å². The maximum atomic E-state index is 12.6. The molecule has 5 heteroatoms. The van der Waals surface area contributed by atoms with E-state index >= 15 is 0 Å². The Balaban J connectivity index is 1.99. The Bertz CT molecular complexity index is 791. The van der Waals surface area contributed by atoms with Crippen molar-refractivity contribution >= 4 is 20.8 Å². The summed E-state index contributed by atoms with van der Waals surface area (Å²) in [6.45, 7) is 8.33. The molecule has 1 heterocycles. The molecule has 1 saturated carbocycles. The van der Waals surface area contributed by atoms with Crippen LogP contribution in [0, 0.1) is 18.8 Å². The zero-order valence-corrected chi connectivity index (χ0v) is 15.7. The summed E-state index contributed by atoms with van der Waals surface area (Å²) >= 11 is 0. The smallest absolute Gasteiger partial charge is 0.264 e. The molecular formula is C19H26N2O2S. The second-order valence-electron chi connectivity index (χ2n) is 7.24. The van der Waals surface area contributed by atoms with Gasteiger partial charge in [0.25, 0.3) is 10.0 Å². The molecule has 0 amide bonds. The highest BCUT2D eigenvalue weighted by Gasteiger charge is 2.34. The van der Waals surface area contributed by atoms with Crippen LogP contribution in [-0.4, -0.2) is 20.3 Å². The average Bonchev–Trinajstić information content (AvgIpc) is 2.74. The number of rotatable bonds is 2. The SMILES string of the molecule is CC1=C(c2ccc(C)cc2)S(=O)(=O)NC1=N[C@@H]1CCC[C@H](C)[C@@H]1C. The van der Waals surface area contributed by atoms with Crippen molar-refractivity contribution in [2.75, 3.05) is 0 Å².